The average Bonchev–Trinajstić information content (AvgIpc) is 2.41. The molecule has 0 aliphatic carbocycles. The van der Waals surface area contributed by atoms with Crippen LogP contribution in [0.15, 0.2) is 30.3 Å². The Balaban J connectivity index is 1.78. The fourth-order valence-electron chi connectivity index (χ4n) is 2.17. The van der Waals surface area contributed by atoms with Gasteiger partial charge in [0.15, 0.2) is 0 Å². The third-order valence-corrected chi connectivity index (χ3v) is 3.29. The molecule has 1 heterocycles. The van der Waals surface area contributed by atoms with Crippen molar-refractivity contribution in [2.24, 2.45) is 5.92 Å². The maximum absolute atomic E-state index is 13.8. The summed E-state index contributed by atoms with van der Waals surface area (Å²) in [7, 11) is 0. The standard InChI is InChI=1S/C14H19F2NO/c15-14(16,13-4-2-1-3-5-13)11-18-10-12-6-8-17-9-7-12/h1-5,12,17H,6-11H2. The van der Waals surface area contributed by atoms with Gasteiger partial charge < -0.3 is 10.1 Å². The van der Waals surface area contributed by atoms with Gasteiger partial charge in [-0.15, -0.1) is 0 Å². The van der Waals surface area contributed by atoms with Crippen LogP contribution < -0.4 is 5.32 Å². The third-order valence-electron chi connectivity index (χ3n) is 3.29. The molecule has 0 saturated carbocycles. The predicted molar refractivity (Wildman–Crippen MR) is 66.7 cm³/mol. The summed E-state index contributed by atoms with van der Waals surface area (Å²) in [5.41, 5.74) is 0.0234. The number of halogens is 2. The fraction of sp³-hybridized carbons (Fsp3) is 0.571. The number of hydrogen-bond acceptors (Lipinski definition) is 2. The molecule has 0 atom stereocenters. The number of rotatable bonds is 5. The van der Waals surface area contributed by atoms with Crippen LogP contribution in [0.4, 0.5) is 8.78 Å². The molecule has 18 heavy (non-hydrogen) atoms. The molecule has 1 fully saturated rings. The minimum absolute atomic E-state index is 0.0234. The first-order valence-electron chi connectivity index (χ1n) is 6.40. The van der Waals surface area contributed by atoms with Crippen molar-refractivity contribution in [3.63, 3.8) is 0 Å². The zero-order valence-electron chi connectivity index (χ0n) is 10.4. The van der Waals surface area contributed by atoms with Crippen molar-refractivity contribution in [3.05, 3.63) is 35.9 Å². The van der Waals surface area contributed by atoms with Gasteiger partial charge in [-0.25, -0.2) is 0 Å². The Bertz CT molecular complexity index is 350. The second-order valence-electron chi connectivity index (χ2n) is 4.78. The van der Waals surface area contributed by atoms with E-state index in [9.17, 15) is 8.78 Å². The summed E-state index contributed by atoms with van der Waals surface area (Å²) in [5.74, 6) is -2.48. The normalized spacial score (nSPS) is 17.9. The Morgan fingerprint density at radius 1 is 1.17 bits per heavy atom. The maximum Gasteiger partial charge on any atom is 0.296 e. The molecule has 1 aliphatic rings. The molecular formula is C14H19F2NO. The van der Waals surface area contributed by atoms with Crippen LogP contribution >= 0.6 is 0 Å². The number of hydrogen-bond donors (Lipinski definition) is 1. The molecular weight excluding hydrogens is 236 g/mol. The Morgan fingerprint density at radius 2 is 1.83 bits per heavy atom. The molecule has 0 bridgehead atoms. The minimum atomic E-state index is -2.89. The summed E-state index contributed by atoms with van der Waals surface area (Å²) in [6, 6.07) is 7.85. The van der Waals surface area contributed by atoms with Crippen molar-refractivity contribution in [2.75, 3.05) is 26.3 Å². The average molecular weight is 255 g/mol. The first-order valence-corrected chi connectivity index (χ1v) is 6.40. The Kier molecular flexibility index (Phi) is 4.66. The summed E-state index contributed by atoms with van der Waals surface area (Å²) in [4.78, 5) is 0. The van der Waals surface area contributed by atoms with E-state index in [0.29, 0.717) is 12.5 Å². The monoisotopic (exact) mass is 255 g/mol. The zero-order valence-corrected chi connectivity index (χ0v) is 10.4. The largest absolute Gasteiger partial charge is 0.375 e. The number of ether oxygens (including phenoxy) is 1. The van der Waals surface area contributed by atoms with Crippen LogP contribution in [0.5, 0.6) is 0 Å². The lowest BCUT2D eigenvalue weighted by Crippen LogP contribution is -2.31. The molecule has 0 radical (unpaired) electrons. The van der Waals surface area contributed by atoms with E-state index < -0.39 is 12.5 Å². The molecule has 4 heteroatoms. The highest BCUT2D eigenvalue weighted by molar-refractivity contribution is 5.19. The van der Waals surface area contributed by atoms with Crippen molar-refractivity contribution < 1.29 is 13.5 Å². The van der Waals surface area contributed by atoms with E-state index in [4.69, 9.17) is 4.74 Å². The first kappa shape index (κ1) is 13.4. The van der Waals surface area contributed by atoms with Crippen LogP contribution in [-0.2, 0) is 10.7 Å². The highest BCUT2D eigenvalue weighted by Gasteiger charge is 2.31. The number of piperidine rings is 1. The van der Waals surface area contributed by atoms with E-state index in [1.54, 1.807) is 18.2 Å². The third kappa shape index (κ3) is 3.75. The van der Waals surface area contributed by atoms with Gasteiger partial charge in [-0.05, 0) is 31.8 Å². The molecule has 0 aromatic heterocycles. The molecule has 0 amide bonds. The Morgan fingerprint density at radius 3 is 2.50 bits per heavy atom. The van der Waals surface area contributed by atoms with E-state index in [1.165, 1.54) is 12.1 Å². The van der Waals surface area contributed by atoms with Gasteiger partial charge in [-0.1, -0.05) is 30.3 Å². The van der Waals surface area contributed by atoms with Crippen molar-refractivity contribution in [3.8, 4) is 0 Å². The smallest absolute Gasteiger partial charge is 0.296 e. The molecule has 100 valence electrons. The minimum Gasteiger partial charge on any atom is -0.375 e. The quantitative estimate of drug-likeness (QED) is 0.873. The summed E-state index contributed by atoms with van der Waals surface area (Å²) in [5, 5.41) is 3.24. The highest BCUT2D eigenvalue weighted by atomic mass is 19.3. The SMILES string of the molecule is FC(F)(COCC1CCNCC1)c1ccccc1. The molecule has 1 N–H and O–H groups in total. The number of nitrogens with one attached hydrogen (secondary N) is 1. The van der Waals surface area contributed by atoms with Crippen LogP contribution in [0, 0.1) is 5.92 Å². The van der Waals surface area contributed by atoms with Crippen LogP contribution in [0.3, 0.4) is 0 Å². The Labute approximate surface area is 106 Å². The van der Waals surface area contributed by atoms with Crippen molar-refractivity contribution in [2.45, 2.75) is 18.8 Å². The summed E-state index contributed by atoms with van der Waals surface area (Å²) in [6.45, 7) is 1.83. The van der Waals surface area contributed by atoms with E-state index in [1.807, 2.05) is 0 Å². The topological polar surface area (TPSA) is 21.3 Å². The molecule has 1 aromatic rings. The fourth-order valence-corrected chi connectivity index (χ4v) is 2.17. The predicted octanol–water partition coefficient (Wildman–Crippen LogP) is 2.79. The van der Waals surface area contributed by atoms with E-state index in [2.05, 4.69) is 5.32 Å². The van der Waals surface area contributed by atoms with Crippen molar-refractivity contribution in [1.82, 2.24) is 5.32 Å². The van der Waals surface area contributed by atoms with Crippen molar-refractivity contribution >= 4 is 0 Å². The van der Waals surface area contributed by atoms with Gasteiger partial charge in [0.05, 0.1) is 0 Å². The van der Waals surface area contributed by atoms with Gasteiger partial charge in [-0.2, -0.15) is 8.78 Å². The zero-order chi connectivity index (χ0) is 12.8. The highest BCUT2D eigenvalue weighted by Crippen LogP contribution is 2.28. The van der Waals surface area contributed by atoms with Crippen molar-refractivity contribution in [1.29, 1.82) is 0 Å². The number of benzene rings is 1. The summed E-state index contributed by atoms with van der Waals surface area (Å²) in [6.07, 6.45) is 2.02. The molecule has 1 aliphatic heterocycles. The van der Waals surface area contributed by atoms with E-state index in [0.717, 1.165) is 25.9 Å². The molecule has 1 aromatic carbocycles. The Hall–Kier alpha value is -1.00. The first-order chi connectivity index (χ1) is 8.68. The van der Waals surface area contributed by atoms with Crippen LogP contribution in [0.25, 0.3) is 0 Å². The molecule has 0 spiro atoms. The number of alkyl halides is 2. The molecule has 2 rings (SSSR count). The molecule has 1 saturated heterocycles. The second-order valence-corrected chi connectivity index (χ2v) is 4.78. The van der Waals surface area contributed by atoms with E-state index in [-0.39, 0.29) is 5.56 Å². The molecule has 2 nitrogen and oxygen atoms in total. The second kappa shape index (κ2) is 6.25. The lowest BCUT2D eigenvalue weighted by molar-refractivity contribution is -0.0899. The van der Waals surface area contributed by atoms with Gasteiger partial charge in [0.2, 0.25) is 0 Å². The van der Waals surface area contributed by atoms with Gasteiger partial charge in [-0.3, -0.25) is 0 Å². The van der Waals surface area contributed by atoms with Gasteiger partial charge >= 0.3 is 0 Å². The van der Waals surface area contributed by atoms with Gasteiger partial charge in [0.25, 0.3) is 5.92 Å². The summed E-state index contributed by atoms with van der Waals surface area (Å²) < 4.78 is 32.8. The lowest BCUT2D eigenvalue weighted by atomic mass is 9.99. The van der Waals surface area contributed by atoms with Gasteiger partial charge in [0, 0.05) is 12.2 Å². The van der Waals surface area contributed by atoms with E-state index >= 15 is 0 Å². The van der Waals surface area contributed by atoms with Crippen LogP contribution in [-0.4, -0.2) is 26.3 Å². The molecule has 0 unspecified atom stereocenters. The van der Waals surface area contributed by atoms with Crippen LogP contribution in [0.2, 0.25) is 0 Å². The summed E-state index contributed by atoms with van der Waals surface area (Å²) >= 11 is 0. The van der Waals surface area contributed by atoms with Crippen LogP contribution in [0.1, 0.15) is 18.4 Å². The van der Waals surface area contributed by atoms with Gasteiger partial charge in [0.1, 0.15) is 6.61 Å². The lowest BCUT2D eigenvalue weighted by Gasteiger charge is -2.24. The maximum atomic E-state index is 13.8.